The first kappa shape index (κ1) is 9.67. The molecule has 0 heterocycles. The van der Waals surface area contributed by atoms with Crippen LogP contribution in [0.4, 0.5) is 0 Å². The van der Waals surface area contributed by atoms with Gasteiger partial charge >= 0.3 is 75.6 Å². The molecule has 0 saturated heterocycles. The number of rotatable bonds is 3. The Labute approximate surface area is 75.0 Å². The molecule has 0 aliphatic rings. The van der Waals surface area contributed by atoms with E-state index in [1.165, 1.54) is 13.0 Å². The average Bonchev–Trinajstić information content (AvgIpc) is 1.63. The Morgan fingerprint density at radius 2 is 2.22 bits per heavy atom. The van der Waals surface area contributed by atoms with Gasteiger partial charge in [0.2, 0.25) is 0 Å². The van der Waals surface area contributed by atoms with Crippen molar-refractivity contribution < 1.29 is 25.5 Å². The third-order valence-electron chi connectivity index (χ3n) is 0.557. The third kappa shape index (κ3) is 6.56. The van der Waals surface area contributed by atoms with Gasteiger partial charge in [0, 0.05) is 0 Å². The molecule has 0 aromatic rings. The molecular formula is C5H7I2O2-. The van der Waals surface area contributed by atoms with Gasteiger partial charge in [-0.25, -0.2) is 0 Å². The van der Waals surface area contributed by atoms with E-state index in [1.807, 2.05) is 0 Å². The fraction of sp³-hybridized carbons (Fsp3) is 0.400. The number of carbonyl (C=O) groups excluding carboxylic acids is 1. The summed E-state index contributed by atoms with van der Waals surface area (Å²) in [4.78, 5) is 10.4. The average molecular weight is 353 g/mol. The molecule has 0 rings (SSSR count). The van der Waals surface area contributed by atoms with Crippen LogP contribution in [0.5, 0.6) is 0 Å². The van der Waals surface area contributed by atoms with E-state index >= 15 is 0 Å². The van der Waals surface area contributed by atoms with Crippen LogP contribution in [-0.2, 0) is 7.86 Å². The van der Waals surface area contributed by atoms with Crippen LogP contribution in [-0.4, -0.2) is 5.78 Å². The van der Waals surface area contributed by atoms with E-state index in [-0.39, 0.29) is 23.4 Å². The predicted molar refractivity (Wildman–Crippen MR) is 39.5 cm³/mol. The maximum atomic E-state index is 10.4. The molecule has 0 bridgehead atoms. The van der Waals surface area contributed by atoms with Crippen molar-refractivity contribution in [1.82, 2.24) is 0 Å². The van der Waals surface area contributed by atoms with Gasteiger partial charge in [-0.2, -0.15) is 0 Å². The van der Waals surface area contributed by atoms with Crippen molar-refractivity contribution >= 4 is 24.4 Å². The minimum atomic E-state index is -0.215. The quantitative estimate of drug-likeness (QED) is 0.364. The van der Waals surface area contributed by atoms with Crippen molar-refractivity contribution in [1.29, 1.82) is 0 Å². The Morgan fingerprint density at radius 1 is 1.67 bits per heavy atom. The Balaban J connectivity index is 3.69. The molecule has 0 unspecified atom stereocenters. The van der Waals surface area contributed by atoms with Gasteiger partial charge in [0.25, 0.3) is 0 Å². The standard InChI is InChI=1S/C5H7I2O2/c1-4(8)3-5(2)9-7-6/h3H,1-2H3/q-1/b5-3-. The number of ketones is 1. The Hall–Kier alpha value is 0.670. The molecule has 4 heteroatoms. The van der Waals surface area contributed by atoms with Crippen LogP contribution >= 0.6 is 18.6 Å². The molecule has 0 aromatic carbocycles. The molecule has 0 saturated carbocycles. The SMILES string of the molecule is CC(=O)/C=C(/C)O[I-]I. The van der Waals surface area contributed by atoms with E-state index in [4.69, 9.17) is 3.07 Å². The molecule has 54 valence electrons. The molecule has 0 aromatic heterocycles. The van der Waals surface area contributed by atoms with Crippen LogP contribution in [0.15, 0.2) is 11.8 Å². The van der Waals surface area contributed by atoms with Crippen molar-refractivity contribution in [2.24, 2.45) is 0 Å². The molecule has 0 N–H and O–H groups in total. The van der Waals surface area contributed by atoms with Gasteiger partial charge in [-0.3, -0.25) is 0 Å². The topological polar surface area (TPSA) is 26.3 Å². The summed E-state index contributed by atoms with van der Waals surface area (Å²) < 4.78 is 5.09. The van der Waals surface area contributed by atoms with Crippen molar-refractivity contribution in [2.45, 2.75) is 13.8 Å². The number of hydrogen-bond donors (Lipinski definition) is 0. The zero-order chi connectivity index (χ0) is 7.28. The molecule has 0 fully saturated rings. The van der Waals surface area contributed by atoms with Crippen molar-refractivity contribution in [2.75, 3.05) is 0 Å². The fourth-order valence-corrected chi connectivity index (χ4v) is 2.51. The molecule has 0 radical (unpaired) electrons. The molecule has 0 aliphatic carbocycles. The van der Waals surface area contributed by atoms with Crippen LogP contribution in [0.2, 0.25) is 0 Å². The Bertz CT molecular complexity index is 131. The zero-order valence-corrected chi connectivity index (χ0v) is 9.46. The second-order valence-corrected chi connectivity index (χ2v) is 4.51. The molecular weight excluding hydrogens is 346 g/mol. The summed E-state index contributed by atoms with van der Waals surface area (Å²) in [5, 5.41) is 0. The predicted octanol–water partition coefficient (Wildman–Crippen LogP) is -1.15. The van der Waals surface area contributed by atoms with Crippen molar-refractivity contribution in [3.63, 3.8) is 0 Å². The van der Waals surface area contributed by atoms with Crippen LogP contribution in [0.25, 0.3) is 0 Å². The Morgan fingerprint density at radius 3 is 2.56 bits per heavy atom. The van der Waals surface area contributed by atoms with Gasteiger partial charge in [0.15, 0.2) is 0 Å². The van der Waals surface area contributed by atoms with Crippen molar-refractivity contribution in [3.8, 4) is 0 Å². The second kappa shape index (κ2) is 5.45. The van der Waals surface area contributed by atoms with Crippen LogP contribution < -0.4 is 17.6 Å². The normalized spacial score (nSPS) is 11.7. The number of halogens is 2. The molecule has 9 heavy (non-hydrogen) atoms. The van der Waals surface area contributed by atoms with Gasteiger partial charge < -0.3 is 0 Å². The van der Waals surface area contributed by atoms with E-state index in [1.54, 1.807) is 6.92 Å². The second-order valence-electron chi connectivity index (χ2n) is 1.50. The summed E-state index contributed by atoms with van der Waals surface area (Å²) in [5.41, 5.74) is 0. The van der Waals surface area contributed by atoms with Crippen LogP contribution in [0, 0.1) is 0 Å². The van der Waals surface area contributed by atoms with Gasteiger partial charge in [-0.15, -0.1) is 0 Å². The first-order chi connectivity index (χ1) is 4.16. The minimum absolute atomic E-state index is 0.0429. The van der Waals surface area contributed by atoms with E-state index in [0.29, 0.717) is 0 Å². The van der Waals surface area contributed by atoms with Gasteiger partial charge in [0.05, 0.1) is 0 Å². The van der Waals surface area contributed by atoms with E-state index in [9.17, 15) is 4.79 Å². The Kier molecular flexibility index (Phi) is 5.86. The van der Waals surface area contributed by atoms with Gasteiger partial charge in [-0.05, 0) is 0 Å². The van der Waals surface area contributed by atoms with E-state index in [2.05, 4.69) is 18.6 Å². The van der Waals surface area contributed by atoms with Crippen LogP contribution in [0.3, 0.4) is 0 Å². The monoisotopic (exact) mass is 353 g/mol. The first-order valence-corrected chi connectivity index (χ1v) is 9.45. The summed E-state index contributed by atoms with van der Waals surface area (Å²) >= 11 is 1.97. The fourth-order valence-electron chi connectivity index (χ4n) is 0.355. The van der Waals surface area contributed by atoms with E-state index < -0.39 is 0 Å². The number of hydrogen-bond acceptors (Lipinski definition) is 2. The summed E-state index contributed by atoms with van der Waals surface area (Å²) in [6, 6.07) is 0. The molecule has 0 aliphatic heterocycles. The molecule has 0 spiro atoms. The summed E-state index contributed by atoms with van der Waals surface area (Å²) in [6.45, 7) is 3.30. The van der Waals surface area contributed by atoms with E-state index in [0.717, 1.165) is 5.76 Å². The summed E-state index contributed by atoms with van der Waals surface area (Å²) in [7, 11) is 0. The third-order valence-corrected chi connectivity index (χ3v) is 2.54. The number of allylic oxidation sites excluding steroid dienone is 2. The van der Waals surface area contributed by atoms with Crippen molar-refractivity contribution in [3.05, 3.63) is 11.8 Å². The molecule has 2 nitrogen and oxygen atoms in total. The van der Waals surface area contributed by atoms with Gasteiger partial charge in [-0.1, -0.05) is 0 Å². The van der Waals surface area contributed by atoms with Crippen LogP contribution in [0.1, 0.15) is 13.8 Å². The summed E-state index contributed by atoms with van der Waals surface area (Å²) in [5.74, 6) is 0.769. The maximum absolute atomic E-state index is 10.4. The number of carbonyl (C=O) groups is 1. The molecule has 0 atom stereocenters. The zero-order valence-electron chi connectivity index (χ0n) is 5.15. The van der Waals surface area contributed by atoms with Gasteiger partial charge in [0.1, 0.15) is 0 Å². The first-order valence-electron chi connectivity index (χ1n) is 2.28. The molecule has 0 amide bonds. The summed E-state index contributed by atoms with van der Waals surface area (Å²) in [6.07, 6.45) is 1.50.